The molecule has 0 aliphatic carbocycles. The summed E-state index contributed by atoms with van der Waals surface area (Å²) in [7, 11) is 0. The fraction of sp³-hybridized carbons (Fsp3) is 0.476. The third kappa shape index (κ3) is 4.65. The topological polar surface area (TPSA) is 56.7 Å². The minimum absolute atomic E-state index is 0.390. The summed E-state index contributed by atoms with van der Waals surface area (Å²) in [4.78, 5) is 17.6. The van der Waals surface area contributed by atoms with E-state index in [2.05, 4.69) is 49.4 Å². The monoisotopic (exact) mass is 382 g/mol. The van der Waals surface area contributed by atoms with Crippen molar-refractivity contribution in [2.24, 2.45) is 4.99 Å². The molecule has 0 amide bonds. The second kappa shape index (κ2) is 9.10. The largest absolute Gasteiger partial charge is 0.384 e. The molecule has 2 aromatic rings. The van der Waals surface area contributed by atoms with E-state index in [1.807, 2.05) is 0 Å². The zero-order valence-corrected chi connectivity index (χ0v) is 16.1. The number of nitrogens with zero attached hydrogens (tertiary/aromatic N) is 5. The Morgan fingerprint density at radius 2 is 1.82 bits per heavy atom. The van der Waals surface area contributed by atoms with Crippen LogP contribution in [-0.4, -0.2) is 66.4 Å². The number of hydrogen-bond donors (Lipinski definition) is 1. The molecule has 0 saturated carbocycles. The summed E-state index contributed by atoms with van der Waals surface area (Å²) in [6.45, 7) is 6.73. The van der Waals surface area contributed by atoms with Crippen LogP contribution in [0.1, 0.15) is 24.8 Å². The van der Waals surface area contributed by atoms with Crippen molar-refractivity contribution in [3.8, 4) is 0 Å². The molecule has 0 spiro atoms. The highest BCUT2D eigenvalue weighted by Gasteiger charge is 2.18. The van der Waals surface area contributed by atoms with Crippen LogP contribution in [-0.2, 0) is 0 Å². The Morgan fingerprint density at radius 1 is 1.04 bits per heavy atom. The first kappa shape index (κ1) is 18.8. The molecule has 1 aromatic heterocycles. The Labute approximate surface area is 165 Å². The van der Waals surface area contributed by atoms with Crippen molar-refractivity contribution in [2.45, 2.75) is 19.3 Å². The Kier molecular flexibility index (Phi) is 6.11. The number of halogens is 1. The predicted molar refractivity (Wildman–Crippen MR) is 111 cm³/mol. The molecule has 0 atom stereocenters. The molecule has 4 rings (SSSR count). The summed E-state index contributed by atoms with van der Waals surface area (Å²) in [5.41, 5.74) is 3.70. The highest BCUT2D eigenvalue weighted by Crippen LogP contribution is 2.21. The normalized spacial score (nSPS) is 18.8. The van der Waals surface area contributed by atoms with E-state index in [0.29, 0.717) is 5.95 Å². The Morgan fingerprint density at radius 3 is 2.64 bits per heavy atom. The van der Waals surface area contributed by atoms with Gasteiger partial charge in [0.1, 0.15) is 0 Å². The number of piperazine rings is 1. The Hall–Kier alpha value is -2.54. The van der Waals surface area contributed by atoms with Gasteiger partial charge in [0.15, 0.2) is 5.82 Å². The summed E-state index contributed by atoms with van der Waals surface area (Å²) >= 11 is 0. The predicted octanol–water partition coefficient (Wildman–Crippen LogP) is 2.82. The number of unbranched alkanes of at least 4 members (excludes halogenated alkanes) is 1. The number of benzene rings is 1. The van der Waals surface area contributed by atoms with E-state index in [4.69, 9.17) is 4.99 Å². The molecular weight excluding hydrogens is 355 g/mol. The molecule has 1 fully saturated rings. The molecule has 1 N–H and O–H groups in total. The minimum atomic E-state index is -0.390. The highest BCUT2D eigenvalue weighted by molar-refractivity contribution is 6.06. The van der Waals surface area contributed by atoms with E-state index in [0.717, 1.165) is 65.1 Å². The maximum absolute atomic E-state index is 12.9. The molecule has 28 heavy (non-hydrogen) atoms. The lowest BCUT2D eigenvalue weighted by Gasteiger charge is -2.34. The van der Waals surface area contributed by atoms with Crippen LogP contribution in [0.4, 0.5) is 16.0 Å². The van der Waals surface area contributed by atoms with Crippen LogP contribution >= 0.6 is 0 Å². The summed E-state index contributed by atoms with van der Waals surface area (Å²) in [6.07, 6.45) is 5.74. The summed E-state index contributed by atoms with van der Waals surface area (Å²) in [5, 5.41) is 3.44. The summed E-state index contributed by atoms with van der Waals surface area (Å²) in [5.74, 6) is 0.234. The third-order valence-electron chi connectivity index (χ3n) is 5.36. The number of nitrogens with one attached hydrogen (secondary N) is 1. The fourth-order valence-corrected chi connectivity index (χ4v) is 3.80. The van der Waals surface area contributed by atoms with Gasteiger partial charge < -0.3 is 10.2 Å². The van der Waals surface area contributed by atoms with Crippen LogP contribution in [0.5, 0.6) is 0 Å². The zero-order valence-electron chi connectivity index (χ0n) is 16.1. The van der Waals surface area contributed by atoms with E-state index in [-0.39, 0.29) is 5.82 Å². The quantitative estimate of drug-likeness (QED) is 0.779. The van der Waals surface area contributed by atoms with Gasteiger partial charge in [-0.15, -0.1) is 0 Å². The van der Waals surface area contributed by atoms with Crippen molar-refractivity contribution in [1.29, 1.82) is 0 Å². The second-order valence-electron chi connectivity index (χ2n) is 7.29. The number of anilines is 2. The molecule has 2 aliphatic rings. The van der Waals surface area contributed by atoms with E-state index in [1.165, 1.54) is 29.4 Å². The molecule has 0 bridgehead atoms. The van der Waals surface area contributed by atoms with Gasteiger partial charge >= 0.3 is 0 Å². The number of hydrogen-bond acceptors (Lipinski definition) is 6. The number of aliphatic imine (C=N–C) groups is 1. The van der Waals surface area contributed by atoms with Gasteiger partial charge in [-0.2, -0.15) is 0 Å². The maximum atomic E-state index is 12.9. The standard InChI is InChI=1S/C21H27FN6/c22-17-15-25-21(26-16-17)28-13-11-27(12-14-28)10-4-3-8-23-20-7-9-24-19-6-2-1-5-18(19)20/h1-2,5-6,15-16,24H,3-4,7-14H2. The van der Waals surface area contributed by atoms with E-state index < -0.39 is 0 Å². The molecular formula is C21H27FN6. The highest BCUT2D eigenvalue weighted by atomic mass is 19.1. The van der Waals surface area contributed by atoms with Crippen molar-refractivity contribution in [3.05, 3.63) is 48.0 Å². The molecule has 2 aliphatic heterocycles. The van der Waals surface area contributed by atoms with Crippen molar-refractivity contribution >= 4 is 17.3 Å². The van der Waals surface area contributed by atoms with Crippen molar-refractivity contribution < 1.29 is 4.39 Å². The van der Waals surface area contributed by atoms with Gasteiger partial charge in [-0.25, -0.2) is 14.4 Å². The molecule has 0 unspecified atom stereocenters. The molecule has 148 valence electrons. The van der Waals surface area contributed by atoms with Gasteiger partial charge in [-0.05, 0) is 25.5 Å². The van der Waals surface area contributed by atoms with Crippen LogP contribution in [0, 0.1) is 5.82 Å². The number of fused-ring (bicyclic) bond motifs is 1. The van der Waals surface area contributed by atoms with E-state index in [9.17, 15) is 4.39 Å². The SMILES string of the molecule is Fc1cnc(N2CCN(CCCCN=C3CCNc4ccccc43)CC2)nc1. The fourth-order valence-electron chi connectivity index (χ4n) is 3.80. The molecule has 7 heteroatoms. The van der Waals surface area contributed by atoms with Crippen molar-refractivity contribution in [1.82, 2.24) is 14.9 Å². The minimum Gasteiger partial charge on any atom is -0.384 e. The first-order valence-corrected chi connectivity index (χ1v) is 10.1. The van der Waals surface area contributed by atoms with Crippen LogP contribution in [0.15, 0.2) is 41.7 Å². The van der Waals surface area contributed by atoms with Crippen LogP contribution in [0.3, 0.4) is 0 Å². The first-order valence-electron chi connectivity index (χ1n) is 10.1. The van der Waals surface area contributed by atoms with Gasteiger partial charge in [0.25, 0.3) is 0 Å². The maximum Gasteiger partial charge on any atom is 0.225 e. The van der Waals surface area contributed by atoms with Gasteiger partial charge in [0.2, 0.25) is 5.95 Å². The molecule has 1 saturated heterocycles. The van der Waals surface area contributed by atoms with Crippen LogP contribution in [0.2, 0.25) is 0 Å². The number of rotatable bonds is 6. The summed E-state index contributed by atoms with van der Waals surface area (Å²) in [6, 6.07) is 8.43. The molecule has 0 radical (unpaired) electrons. The lowest BCUT2D eigenvalue weighted by Crippen LogP contribution is -2.47. The van der Waals surface area contributed by atoms with Gasteiger partial charge in [-0.1, -0.05) is 18.2 Å². The molecule has 6 nitrogen and oxygen atoms in total. The number of aromatic nitrogens is 2. The first-order chi connectivity index (χ1) is 13.8. The number of para-hydroxylation sites is 1. The van der Waals surface area contributed by atoms with Crippen LogP contribution < -0.4 is 10.2 Å². The lowest BCUT2D eigenvalue weighted by atomic mass is 10.0. The van der Waals surface area contributed by atoms with Gasteiger partial charge in [0, 0.05) is 62.7 Å². The summed E-state index contributed by atoms with van der Waals surface area (Å²) < 4.78 is 12.9. The Bertz CT molecular complexity index is 799. The molecule has 1 aromatic carbocycles. The molecule has 3 heterocycles. The van der Waals surface area contributed by atoms with Gasteiger partial charge in [0.05, 0.1) is 12.4 Å². The third-order valence-corrected chi connectivity index (χ3v) is 5.36. The van der Waals surface area contributed by atoms with E-state index in [1.54, 1.807) is 0 Å². The van der Waals surface area contributed by atoms with Gasteiger partial charge in [-0.3, -0.25) is 9.89 Å². The lowest BCUT2D eigenvalue weighted by molar-refractivity contribution is 0.252. The second-order valence-corrected chi connectivity index (χ2v) is 7.29. The van der Waals surface area contributed by atoms with Crippen LogP contribution in [0.25, 0.3) is 0 Å². The van der Waals surface area contributed by atoms with Crippen molar-refractivity contribution in [3.63, 3.8) is 0 Å². The average Bonchev–Trinajstić information content (AvgIpc) is 2.75. The Balaban J connectivity index is 1.17. The van der Waals surface area contributed by atoms with Crippen molar-refractivity contribution in [2.75, 3.05) is 56.0 Å². The smallest absolute Gasteiger partial charge is 0.225 e. The van der Waals surface area contributed by atoms with E-state index >= 15 is 0 Å². The average molecular weight is 382 g/mol. The zero-order chi connectivity index (χ0) is 19.2.